The zero-order valence-corrected chi connectivity index (χ0v) is 8.75. The summed E-state index contributed by atoms with van der Waals surface area (Å²) in [6.45, 7) is 1.98. The fourth-order valence-electron chi connectivity index (χ4n) is 1.67. The van der Waals surface area contributed by atoms with Crippen molar-refractivity contribution in [3.05, 3.63) is 47.0 Å². The SMILES string of the molecule is CC(N)c1cccc2ccc(Cl)cc12. The van der Waals surface area contributed by atoms with Crippen LogP contribution in [-0.4, -0.2) is 0 Å². The second-order valence-electron chi connectivity index (χ2n) is 3.50. The monoisotopic (exact) mass is 205 g/mol. The summed E-state index contributed by atoms with van der Waals surface area (Å²) in [5.41, 5.74) is 7.03. The van der Waals surface area contributed by atoms with Gasteiger partial charge < -0.3 is 5.73 Å². The molecule has 2 aromatic carbocycles. The van der Waals surface area contributed by atoms with E-state index in [1.165, 1.54) is 5.39 Å². The van der Waals surface area contributed by atoms with Gasteiger partial charge >= 0.3 is 0 Å². The first-order chi connectivity index (χ1) is 6.68. The van der Waals surface area contributed by atoms with Gasteiger partial charge in [-0.3, -0.25) is 0 Å². The van der Waals surface area contributed by atoms with E-state index in [9.17, 15) is 0 Å². The van der Waals surface area contributed by atoms with Crippen molar-refractivity contribution in [2.45, 2.75) is 13.0 Å². The second kappa shape index (κ2) is 3.60. The first-order valence-corrected chi connectivity index (χ1v) is 5.00. The molecule has 0 aliphatic heterocycles. The Labute approximate surface area is 88.5 Å². The lowest BCUT2D eigenvalue weighted by Crippen LogP contribution is -2.05. The minimum absolute atomic E-state index is 0.0390. The highest BCUT2D eigenvalue weighted by Gasteiger charge is 2.04. The minimum Gasteiger partial charge on any atom is -0.324 e. The maximum absolute atomic E-state index is 5.95. The molecule has 0 saturated carbocycles. The zero-order chi connectivity index (χ0) is 10.1. The lowest BCUT2D eigenvalue weighted by atomic mass is 10.0. The molecule has 0 aliphatic rings. The molecular weight excluding hydrogens is 194 g/mol. The van der Waals surface area contributed by atoms with Crippen LogP contribution >= 0.6 is 11.6 Å². The van der Waals surface area contributed by atoms with Crippen molar-refractivity contribution in [3.63, 3.8) is 0 Å². The second-order valence-corrected chi connectivity index (χ2v) is 3.94. The number of rotatable bonds is 1. The van der Waals surface area contributed by atoms with Gasteiger partial charge in [0.15, 0.2) is 0 Å². The van der Waals surface area contributed by atoms with Crippen molar-refractivity contribution < 1.29 is 0 Å². The smallest absolute Gasteiger partial charge is 0.0412 e. The molecule has 0 radical (unpaired) electrons. The Hall–Kier alpha value is -1.05. The third-order valence-corrected chi connectivity index (χ3v) is 2.60. The molecule has 0 spiro atoms. The summed E-state index contributed by atoms with van der Waals surface area (Å²) in [5, 5.41) is 3.09. The van der Waals surface area contributed by atoms with E-state index in [-0.39, 0.29) is 6.04 Å². The largest absolute Gasteiger partial charge is 0.324 e. The van der Waals surface area contributed by atoms with E-state index in [1.54, 1.807) is 0 Å². The molecule has 0 aromatic heterocycles. The van der Waals surface area contributed by atoms with Crippen LogP contribution in [0.25, 0.3) is 10.8 Å². The van der Waals surface area contributed by atoms with E-state index in [0.717, 1.165) is 16.0 Å². The van der Waals surface area contributed by atoms with Crippen LogP contribution in [0.3, 0.4) is 0 Å². The average molecular weight is 206 g/mol. The molecule has 2 heteroatoms. The van der Waals surface area contributed by atoms with E-state index in [0.29, 0.717) is 0 Å². The maximum atomic E-state index is 5.95. The Bertz CT molecular complexity index is 463. The number of nitrogens with two attached hydrogens (primary N) is 1. The van der Waals surface area contributed by atoms with Gasteiger partial charge in [-0.05, 0) is 35.4 Å². The van der Waals surface area contributed by atoms with Gasteiger partial charge in [0.1, 0.15) is 0 Å². The first kappa shape index (κ1) is 9.50. The molecule has 1 unspecified atom stereocenters. The highest BCUT2D eigenvalue weighted by Crippen LogP contribution is 2.25. The Morgan fingerprint density at radius 2 is 2.00 bits per heavy atom. The highest BCUT2D eigenvalue weighted by molar-refractivity contribution is 6.31. The molecule has 0 bridgehead atoms. The van der Waals surface area contributed by atoms with Crippen LogP contribution in [0.1, 0.15) is 18.5 Å². The van der Waals surface area contributed by atoms with Crippen molar-refractivity contribution in [2.24, 2.45) is 5.73 Å². The summed E-state index contributed by atoms with van der Waals surface area (Å²) in [5.74, 6) is 0. The summed E-state index contributed by atoms with van der Waals surface area (Å²) in [6, 6.07) is 12.1. The molecule has 0 aliphatic carbocycles. The number of halogens is 1. The number of benzene rings is 2. The summed E-state index contributed by atoms with van der Waals surface area (Å²) in [6.07, 6.45) is 0. The van der Waals surface area contributed by atoms with Gasteiger partial charge in [-0.25, -0.2) is 0 Å². The fourth-order valence-corrected chi connectivity index (χ4v) is 1.84. The predicted octanol–water partition coefficient (Wildman–Crippen LogP) is 3.51. The van der Waals surface area contributed by atoms with Crippen molar-refractivity contribution >= 4 is 22.4 Å². The van der Waals surface area contributed by atoms with Crippen LogP contribution in [-0.2, 0) is 0 Å². The highest BCUT2D eigenvalue weighted by atomic mass is 35.5. The van der Waals surface area contributed by atoms with E-state index in [2.05, 4.69) is 6.07 Å². The summed E-state index contributed by atoms with van der Waals surface area (Å²) < 4.78 is 0. The molecule has 2 rings (SSSR count). The van der Waals surface area contributed by atoms with E-state index < -0.39 is 0 Å². The van der Waals surface area contributed by atoms with Crippen molar-refractivity contribution in [1.29, 1.82) is 0 Å². The van der Waals surface area contributed by atoms with E-state index >= 15 is 0 Å². The Kier molecular flexibility index (Phi) is 2.44. The van der Waals surface area contributed by atoms with Crippen LogP contribution in [0.4, 0.5) is 0 Å². The Morgan fingerprint density at radius 3 is 2.71 bits per heavy atom. The third-order valence-electron chi connectivity index (χ3n) is 2.37. The van der Waals surface area contributed by atoms with Crippen LogP contribution in [0.5, 0.6) is 0 Å². The molecule has 1 atom stereocenters. The molecule has 0 heterocycles. The third kappa shape index (κ3) is 1.61. The predicted molar refractivity (Wildman–Crippen MR) is 61.6 cm³/mol. The quantitative estimate of drug-likeness (QED) is 0.758. The molecule has 14 heavy (non-hydrogen) atoms. The van der Waals surface area contributed by atoms with Crippen LogP contribution in [0, 0.1) is 0 Å². The van der Waals surface area contributed by atoms with Gasteiger partial charge in [-0.1, -0.05) is 35.9 Å². The summed E-state index contributed by atoms with van der Waals surface area (Å²) in [4.78, 5) is 0. The van der Waals surface area contributed by atoms with Gasteiger partial charge in [0.2, 0.25) is 0 Å². The topological polar surface area (TPSA) is 26.0 Å². The zero-order valence-electron chi connectivity index (χ0n) is 8.00. The van der Waals surface area contributed by atoms with Gasteiger partial charge in [0, 0.05) is 11.1 Å². The lowest BCUT2D eigenvalue weighted by molar-refractivity contribution is 0.827. The molecule has 72 valence electrons. The molecule has 0 fully saturated rings. The minimum atomic E-state index is 0.0390. The molecule has 2 N–H and O–H groups in total. The van der Waals surface area contributed by atoms with Crippen molar-refractivity contribution in [1.82, 2.24) is 0 Å². The van der Waals surface area contributed by atoms with Crippen LogP contribution in [0.15, 0.2) is 36.4 Å². The number of fused-ring (bicyclic) bond motifs is 1. The Morgan fingerprint density at radius 1 is 1.21 bits per heavy atom. The average Bonchev–Trinajstić information content (AvgIpc) is 2.16. The van der Waals surface area contributed by atoms with Gasteiger partial charge in [-0.15, -0.1) is 0 Å². The van der Waals surface area contributed by atoms with E-state index in [1.807, 2.05) is 37.3 Å². The molecular formula is C12H12ClN. The van der Waals surface area contributed by atoms with Crippen molar-refractivity contribution in [3.8, 4) is 0 Å². The lowest BCUT2D eigenvalue weighted by Gasteiger charge is -2.09. The molecule has 1 nitrogen and oxygen atoms in total. The fraction of sp³-hybridized carbons (Fsp3) is 0.167. The van der Waals surface area contributed by atoms with Crippen LogP contribution in [0.2, 0.25) is 5.02 Å². The number of hydrogen-bond acceptors (Lipinski definition) is 1. The van der Waals surface area contributed by atoms with Gasteiger partial charge in [0.25, 0.3) is 0 Å². The first-order valence-electron chi connectivity index (χ1n) is 4.62. The van der Waals surface area contributed by atoms with Crippen LogP contribution < -0.4 is 5.73 Å². The molecule has 0 amide bonds. The normalized spacial score (nSPS) is 13.1. The Balaban J connectivity index is 2.77. The molecule has 2 aromatic rings. The van der Waals surface area contributed by atoms with E-state index in [4.69, 9.17) is 17.3 Å². The summed E-state index contributed by atoms with van der Waals surface area (Å²) in [7, 11) is 0. The van der Waals surface area contributed by atoms with Crippen molar-refractivity contribution in [2.75, 3.05) is 0 Å². The van der Waals surface area contributed by atoms with Gasteiger partial charge in [-0.2, -0.15) is 0 Å². The standard InChI is InChI=1S/C12H12ClN/c1-8(14)11-4-2-3-9-5-6-10(13)7-12(9)11/h2-8H,14H2,1H3. The molecule has 0 saturated heterocycles. The summed E-state index contributed by atoms with van der Waals surface area (Å²) >= 11 is 5.95. The maximum Gasteiger partial charge on any atom is 0.0412 e. The van der Waals surface area contributed by atoms with Gasteiger partial charge in [0.05, 0.1) is 0 Å². The number of hydrogen-bond donors (Lipinski definition) is 1.